The van der Waals surface area contributed by atoms with E-state index in [1.54, 1.807) is 12.1 Å². The zero-order valence-corrected chi connectivity index (χ0v) is 78.0. The predicted octanol–water partition coefficient (Wildman–Crippen LogP) is 36.6. The van der Waals surface area contributed by atoms with Gasteiger partial charge in [-0.25, -0.2) is 17.6 Å². The fraction of sp³-hybridized carbons (Fsp3) is 0.288. The normalized spacial score (nSPS) is 13.1. The molecule has 0 aliphatic heterocycles. The summed E-state index contributed by atoms with van der Waals surface area (Å²) in [5, 5.41) is 8.96. The maximum Gasteiger partial charge on any atom is 0.416 e. The van der Waals surface area contributed by atoms with Crippen LogP contribution in [0.25, 0.3) is 154 Å². The molecule has 16 aromatic carbocycles. The molecular formula is C118H114F10. The molecule has 128 heavy (non-hydrogen) atoms. The minimum absolute atomic E-state index is 0.103. The Hall–Kier alpha value is -11.6. The number of hydrogen-bond donors (Lipinski definition) is 0. The van der Waals surface area contributed by atoms with Gasteiger partial charge in [0.25, 0.3) is 0 Å². The van der Waals surface area contributed by atoms with Crippen molar-refractivity contribution in [3.05, 3.63) is 334 Å². The number of benzene rings is 16. The lowest BCUT2D eigenvalue weighted by molar-refractivity contribution is -0.138. The molecule has 0 saturated heterocycles. The standard InChI is InChI=1S/C60H58F6.C58H56F4/c1-55(2,3)40-23-19-35(20-24-40)47-33-45(58(10,11)12)34-49-52(38-16-14-18-44(30-38)60(64,65)66)54-48(51(53(47)49)37-15-13-17-43(29-37)59(61,62)63)32-39-31-42(57(7,8)9)27-28-46(39)50(54)36-21-25-41(26-22-36)56(4,5)6;1-55(2,3)36-17-13-33(14-18-36)45-29-39(58(10,11)12)30-47-52(44-26-23-41(60)32-49(44)62)54-46(51(53(45)47)43-25-22-40(59)31-48(43)61)28-35-27-38(57(7,8)9)21-24-42(35)50(54)34-15-19-37(20-16-34)56(4,5)6/h13-34H,1-12H3;13-32H,1-12H3. The monoisotopic (exact) mass is 1720 g/mol. The van der Waals surface area contributed by atoms with Crippen LogP contribution in [0.4, 0.5) is 43.9 Å². The zero-order valence-electron chi connectivity index (χ0n) is 78.0. The van der Waals surface area contributed by atoms with E-state index in [9.17, 15) is 35.1 Å². The first kappa shape index (κ1) is 91.1. The summed E-state index contributed by atoms with van der Waals surface area (Å²) in [4.78, 5) is 0. The molecule has 656 valence electrons. The Labute approximate surface area is 748 Å². The number of alkyl halides is 6. The third-order valence-electron chi connectivity index (χ3n) is 25.7. The molecule has 0 atom stereocenters. The van der Waals surface area contributed by atoms with Gasteiger partial charge in [0.05, 0.1) is 11.1 Å². The van der Waals surface area contributed by atoms with Gasteiger partial charge in [0.15, 0.2) is 0 Å². The van der Waals surface area contributed by atoms with Gasteiger partial charge in [0, 0.05) is 34.4 Å². The summed E-state index contributed by atoms with van der Waals surface area (Å²) >= 11 is 0. The number of fused-ring (bicyclic) bond motifs is 6. The van der Waals surface area contributed by atoms with E-state index in [1.807, 2.05) is 0 Å². The van der Waals surface area contributed by atoms with E-state index < -0.39 is 52.2 Å². The summed E-state index contributed by atoms with van der Waals surface area (Å²) in [5.41, 5.74) is 15.5. The van der Waals surface area contributed by atoms with Crippen molar-refractivity contribution in [3.63, 3.8) is 0 Å². The highest BCUT2D eigenvalue weighted by atomic mass is 19.4. The lowest BCUT2D eigenvalue weighted by Crippen LogP contribution is -2.12. The molecule has 0 saturated carbocycles. The quantitative estimate of drug-likeness (QED) is 0.105. The van der Waals surface area contributed by atoms with Crippen molar-refractivity contribution in [2.45, 2.75) is 222 Å². The molecule has 0 spiro atoms. The van der Waals surface area contributed by atoms with Crippen molar-refractivity contribution in [2.24, 2.45) is 0 Å². The van der Waals surface area contributed by atoms with Crippen molar-refractivity contribution in [1.82, 2.24) is 0 Å². The minimum atomic E-state index is -4.64. The second-order valence-electron chi connectivity index (χ2n) is 43.3. The van der Waals surface area contributed by atoms with Crippen LogP contribution in [-0.2, 0) is 55.7 Å². The van der Waals surface area contributed by atoms with Gasteiger partial charge in [-0.05, 0) is 304 Å². The van der Waals surface area contributed by atoms with Gasteiger partial charge in [-0.3, -0.25) is 0 Å². The maximum absolute atomic E-state index is 16.9. The lowest BCUT2D eigenvalue weighted by Gasteiger charge is -2.28. The first-order valence-corrected chi connectivity index (χ1v) is 44.2. The van der Waals surface area contributed by atoms with Crippen LogP contribution < -0.4 is 0 Å². The fourth-order valence-electron chi connectivity index (χ4n) is 18.2. The summed E-state index contributed by atoms with van der Waals surface area (Å²) in [6.45, 7) is 51.6. The molecule has 0 radical (unpaired) electrons. The molecule has 10 heteroatoms. The third-order valence-corrected chi connectivity index (χ3v) is 25.7. The van der Waals surface area contributed by atoms with Gasteiger partial charge in [0.2, 0.25) is 0 Å². The Morgan fingerprint density at radius 3 is 0.758 bits per heavy atom. The average molecular weight is 1720 g/mol. The third kappa shape index (κ3) is 17.7. The van der Waals surface area contributed by atoms with E-state index in [-0.39, 0.29) is 49.0 Å². The van der Waals surface area contributed by atoms with Crippen LogP contribution in [-0.4, -0.2) is 0 Å². The molecular weight excluding hydrogens is 1610 g/mol. The molecule has 16 rings (SSSR count). The van der Waals surface area contributed by atoms with Gasteiger partial charge in [-0.1, -0.05) is 324 Å². The highest BCUT2D eigenvalue weighted by Crippen LogP contribution is 2.58. The van der Waals surface area contributed by atoms with Crippen molar-refractivity contribution in [3.8, 4) is 89.0 Å². The first-order valence-electron chi connectivity index (χ1n) is 44.2. The van der Waals surface area contributed by atoms with E-state index in [2.05, 4.69) is 336 Å². The molecule has 0 nitrogen and oxygen atoms in total. The highest BCUT2D eigenvalue weighted by Gasteiger charge is 2.37. The topological polar surface area (TPSA) is 0 Å². The SMILES string of the molecule is CC(C)(C)c1ccc(-c2cc(C(C)(C)C)cc3c(-c4ccc(F)cc4F)c4c(-c5ccc(C(C)(C)C)cc5)c5ccc(C(C)(C)C)cc5cc4c(-c4ccc(F)cc4F)c23)cc1.CC(C)(C)c1ccc(-c2cc(C(C)(C)C)cc3c(-c4cccc(C(F)(F)F)c4)c4c(-c5ccc(C(C)(C)C)cc5)c5ccc(C(C)(C)C)cc5cc4c(-c4cccc(C(F)(F)F)c4)c23)cc1. The highest BCUT2D eigenvalue weighted by molar-refractivity contribution is 6.33. The van der Waals surface area contributed by atoms with E-state index in [0.29, 0.717) is 76.5 Å². The summed E-state index contributed by atoms with van der Waals surface area (Å²) in [7, 11) is 0. The molecule has 0 amide bonds. The molecule has 0 aromatic heterocycles. The smallest absolute Gasteiger partial charge is 0.207 e. The van der Waals surface area contributed by atoms with Crippen LogP contribution in [0.3, 0.4) is 0 Å². The van der Waals surface area contributed by atoms with Crippen molar-refractivity contribution < 1.29 is 43.9 Å². The van der Waals surface area contributed by atoms with E-state index >= 15 is 8.78 Å². The van der Waals surface area contributed by atoms with Crippen LogP contribution >= 0.6 is 0 Å². The molecule has 0 unspecified atom stereocenters. The van der Waals surface area contributed by atoms with Crippen LogP contribution in [0.15, 0.2) is 255 Å². The fourth-order valence-corrected chi connectivity index (χ4v) is 18.2. The minimum Gasteiger partial charge on any atom is -0.207 e. The first-order chi connectivity index (χ1) is 59.4. The molecule has 0 bridgehead atoms. The van der Waals surface area contributed by atoms with Crippen molar-refractivity contribution >= 4 is 64.6 Å². The van der Waals surface area contributed by atoms with Crippen LogP contribution in [0, 0.1) is 23.3 Å². The van der Waals surface area contributed by atoms with Gasteiger partial charge >= 0.3 is 12.4 Å². The van der Waals surface area contributed by atoms with Gasteiger partial charge in [-0.2, -0.15) is 26.3 Å². The largest absolute Gasteiger partial charge is 0.416 e. The Morgan fingerprint density at radius 1 is 0.172 bits per heavy atom. The number of rotatable bonds is 8. The molecule has 0 aliphatic rings. The van der Waals surface area contributed by atoms with Crippen LogP contribution in [0.1, 0.15) is 222 Å². The second-order valence-corrected chi connectivity index (χ2v) is 43.3. The molecule has 0 heterocycles. The Morgan fingerprint density at radius 2 is 0.438 bits per heavy atom. The van der Waals surface area contributed by atoms with Crippen molar-refractivity contribution in [1.29, 1.82) is 0 Å². The number of halogens is 10. The van der Waals surface area contributed by atoms with E-state index in [1.165, 1.54) is 48.5 Å². The average Bonchev–Trinajstić information content (AvgIpc) is 0.701. The predicted molar refractivity (Wildman–Crippen MR) is 521 cm³/mol. The van der Waals surface area contributed by atoms with Crippen LogP contribution in [0.2, 0.25) is 0 Å². The summed E-state index contributed by atoms with van der Waals surface area (Å²) in [6, 6.07) is 77.6. The van der Waals surface area contributed by atoms with Crippen molar-refractivity contribution in [2.75, 3.05) is 0 Å². The molecule has 0 aliphatic carbocycles. The maximum atomic E-state index is 16.9. The summed E-state index contributed by atoms with van der Waals surface area (Å²) in [5.74, 6) is -2.78. The molecule has 16 aromatic rings. The lowest BCUT2D eigenvalue weighted by atomic mass is 9.75. The number of hydrogen-bond acceptors (Lipinski definition) is 0. The Balaban J connectivity index is 0.000000197. The molecule has 0 fully saturated rings. The summed E-state index contributed by atoms with van der Waals surface area (Å²) < 4.78 is 153. The van der Waals surface area contributed by atoms with Gasteiger partial charge < -0.3 is 0 Å². The van der Waals surface area contributed by atoms with Gasteiger partial charge in [-0.15, -0.1) is 0 Å². The Kier molecular flexibility index (Phi) is 23.0. The van der Waals surface area contributed by atoms with E-state index in [0.717, 1.165) is 135 Å². The zero-order chi connectivity index (χ0) is 92.9. The van der Waals surface area contributed by atoms with E-state index in [4.69, 9.17) is 0 Å². The van der Waals surface area contributed by atoms with Crippen LogP contribution in [0.5, 0.6) is 0 Å². The second kappa shape index (κ2) is 32.2. The molecule has 0 N–H and O–H groups in total. The Bertz CT molecular complexity index is 7050. The summed E-state index contributed by atoms with van der Waals surface area (Å²) in [6.07, 6.45) is -9.28. The van der Waals surface area contributed by atoms with Gasteiger partial charge in [0.1, 0.15) is 23.3 Å².